The van der Waals surface area contributed by atoms with E-state index in [-0.39, 0.29) is 35.3 Å². The third-order valence-electron chi connectivity index (χ3n) is 7.51. The molecule has 0 radical (unpaired) electrons. The Morgan fingerprint density at radius 2 is 1.47 bits per heavy atom. The monoisotopic (exact) mass is 661 g/mol. The maximum absolute atomic E-state index is 14.5. The van der Waals surface area contributed by atoms with Gasteiger partial charge in [0.15, 0.2) is 11.5 Å². The number of ether oxygens (including phenoxy) is 2. The Hall–Kier alpha value is -4.90. The molecule has 0 fully saturated rings. The van der Waals surface area contributed by atoms with Gasteiger partial charge in [-0.3, -0.25) is 13.9 Å². The molecule has 4 rings (SSSR count). The van der Waals surface area contributed by atoms with Crippen molar-refractivity contribution in [3.63, 3.8) is 0 Å². The van der Waals surface area contributed by atoms with Crippen LogP contribution in [-0.2, 0) is 32.6 Å². The highest BCUT2D eigenvalue weighted by molar-refractivity contribution is 7.92. The number of carbonyl (C=O) groups excluding carboxylic acids is 2. The number of hydrogen-bond donors (Lipinski definition) is 1. The fourth-order valence-electron chi connectivity index (χ4n) is 5.07. The number of methoxy groups -OCH3 is 2. The minimum absolute atomic E-state index is 0.0193. The normalized spacial score (nSPS) is 11.9. The molecule has 11 heteroatoms. The van der Waals surface area contributed by atoms with E-state index in [1.165, 1.54) is 67.7 Å². The van der Waals surface area contributed by atoms with Crippen molar-refractivity contribution in [2.75, 3.05) is 25.1 Å². The molecule has 0 aliphatic carbocycles. The standard InChI is InChI=1S/C36H40FN3O6S/c1-25(2)38-36(42)32(21-27-9-7-6-8-10-27)39(23-28-13-15-29(37)16-14-28)35(41)24-40(30-17-20-33(45-4)34(22-30)46-5)47(43,44)31-18-11-26(3)12-19-31/h6-20,22,25,32H,21,23-24H2,1-5H3,(H,38,42)/t32-/m0/s1. The zero-order chi connectivity index (χ0) is 34.1. The molecule has 0 unspecified atom stereocenters. The number of hydrogen-bond acceptors (Lipinski definition) is 6. The van der Waals surface area contributed by atoms with Gasteiger partial charge in [-0.15, -0.1) is 0 Å². The number of amides is 2. The fourth-order valence-corrected chi connectivity index (χ4v) is 6.47. The van der Waals surface area contributed by atoms with Crippen LogP contribution in [0, 0.1) is 12.7 Å². The maximum Gasteiger partial charge on any atom is 0.264 e. The fraction of sp³-hybridized carbons (Fsp3) is 0.278. The Morgan fingerprint density at radius 3 is 2.06 bits per heavy atom. The van der Waals surface area contributed by atoms with Crippen LogP contribution in [-0.4, -0.2) is 58.0 Å². The van der Waals surface area contributed by atoms with Crippen molar-refractivity contribution in [2.24, 2.45) is 0 Å². The van der Waals surface area contributed by atoms with Gasteiger partial charge in [0.2, 0.25) is 11.8 Å². The highest BCUT2D eigenvalue weighted by Gasteiger charge is 2.35. The average Bonchev–Trinajstić information content (AvgIpc) is 3.05. The first-order chi connectivity index (χ1) is 22.4. The quantitative estimate of drug-likeness (QED) is 0.191. The zero-order valence-corrected chi connectivity index (χ0v) is 28.0. The van der Waals surface area contributed by atoms with Crippen molar-refractivity contribution >= 4 is 27.5 Å². The van der Waals surface area contributed by atoms with Crippen molar-refractivity contribution in [2.45, 2.75) is 50.7 Å². The Bertz CT molecular complexity index is 1770. The summed E-state index contributed by atoms with van der Waals surface area (Å²) in [7, 11) is -1.42. The molecule has 9 nitrogen and oxygen atoms in total. The van der Waals surface area contributed by atoms with E-state index in [2.05, 4.69) is 5.32 Å². The molecule has 0 saturated carbocycles. The molecule has 2 amide bonds. The number of sulfonamides is 1. The minimum Gasteiger partial charge on any atom is -0.493 e. The topological polar surface area (TPSA) is 105 Å². The van der Waals surface area contributed by atoms with Gasteiger partial charge < -0.3 is 19.7 Å². The molecule has 4 aromatic carbocycles. The van der Waals surface area contributed by atoms with Gasteiger partial charge in [-0.25, -0.2) is 12.8 Å². The molecule has 0 saturated heterocycles. The van der Waals surface area contributed by atoms with Gasteiger partial charge in [0.25, 0.3) is 10.0 Å². The Kier molecular flexibility index (Phi) is 11.6. The first-order valence-corrected chi connectivity index (χ1v) is 16.6. The molecule has 0 spiro atoms. The van der Waals surface area contributed by atoms with E-state index in [9.17, 15) is 22.4 Å². The smallest absolute Gasteiger partial charge is 0.264 e. The largest absolute Gasteiger partial charge is 0.493 e. The summed E-state index contributed by atoms with van der Waals surface area (Å²) in [6.07, 6.45) is 0.160. The van der Waals surface area contributed by atoms with E-state index in [0.29, 0.717) is 11.3 Å². The van der Waals surface area contributed by atoms with Crippen LogP contribution in [0.4, 0.5) is 10.1 Å². The van der Waals surface area contributed by atoms with Crippen molar-refractivity contribution in [1.82, 2.24) is 10.2 Å². The lowest BCUT2D eigenvalue weighted by molar-refractivity contribution is -0.140. The second kappa shape index (κ2) is 15.6. The number of anilines is 1. The van der Waals surface area contributed by atoms with Crippen molar-refractivity contribution < 1.29 is 31.9 Å². The summed E-state index contributed by atoms with van der Waals surface area (Å²) in [6, 6.07) is 24.5. The van der Waals surface area contributed by atoms with Gasteiger partial charge in [0.1, 0.15) is 18.4 Å². The van der Waals surface area contributed by atoms with Crippen LogP contribution >= 0.6 is 0 Å². The van der Waals surface area contributed by atoms with Crippen LogP contribution in [0.15, 0.2) is 102 Å². The molecular formula is C36H40FN3O6S. The molecule has 248 valence electrons. The third-order valence-corrected chi connectivity index (χ3v) is 9.30. The second-order valence-corrected chi connectivity index (χ2v) is 13.2. The average molecular weight is 662 g/mol. The van der Waals surface area contributed by atoms with Crippen LogP contribution in [0.25, 0.3) is 0 Å². The number of nitrogens with one attached hydrogen (secondary N) is 1. The SMILES string of the molecule is COc1ccc(N(CC(=O)N(Cc2ccc(F)cc2)[C@@H](Cc2ccccc2)C(=O)NC(C)C)S(=O)(=O)c2ccc(C)cc2)cc1OC. The minimum atomic E-state index is -4.31. The lowest BCUT2D eigenvalue weighted by Crippen LogP contribution is -2.54. The van der Waals surface area contributed by atoms with E-state index >= 15 is 0 Å². The molecule has 0 aliphatic heterocycles. The summed E-state index contributed by atoms with van der Waals surface area (Å²) in [5, 5.41) is 2.91. The first-order valence-electron chi connectivity index (χ1n) is 15.1. The summed E-state index contributed by atoms with van der Waals surface area (Å²) in [5.74, 6) is -0.851. The molecule has 4 aromatic rings. The number of nitrogens with zero attached hydrogens (tertiary/aromatic N) is 2. The van der Waals surface area contributed by atoms with Gasteiger partial charge in [-0.05, 0) is 68.3 Å². The number of carbonyl (C=O) groups is 2. The summed E-state index contributed by atoms with van der Waals surface area (Å²) >= 11 is 0. The number of aryl methyl sites for hydroxylation is 1. The lowest BCUT2D eigenvalue weighted by atomic mass is 10.0. The van der Waals surface area contributed by atoms with Crippen LogP contribution < -0.4 is 19.1 Å². The highest BCUT2D eigenvalue weighted by Crippen LogP contribution is 2.34. The summed E-state index contributed by atoms with van der Waals surface area (Å²) < 4.78 is 54.2. The Labute approximate surface area is 276 Å². The molecular weight excluding hydrogens is 621 g/mol. The van der Waals surface area contributed by atoms with Gasteiger partial charge in [0, 0.05) is 25.1 Å². The molecule has 0 aromatic heterocycles. The van der Waals surface area contributed by atoms with E-state index in [1.807, 2.05) is 51.1 Å². The van der Waals surface area contributed by atoms with Gasteiger partial charge in [-0.1, -0.05) is 60.2 Å². The van der Waals surface area contributed by atoms with E-state index < -0.39 is 40.2 Å². The Balaban J connectivity index is 1.84. The third kappa shape index (κ3) is 8.88. The van der Waals surface area contributed by atoms with E-state index in [0.717, 1.165) is 15.4 Å². The number of benzene rings is 4. The molecule has 1 N–H and O–H groups in total. The zero-order valence-electron chi connectivity index (χ0n) is 27.1. The van der Waals surface area contributed by atoms with Crippen molar-refractivity contribution in [1.29, 1.82) is 0 Å². The summed E-state index contributed by atoms with van der Waals surface area (Å²) in [4.78, 5) is 29.7. The van der Waals surface area contributed by atoms with Crippen LogP contribution in [0.5, 0.6) is 11.5 Å². The molecule has 0 bridgehead atoms. The molecule has 1 atom stereocenters. The first kappa shape index (κ1) is 35.0. The summed E-state index contributed by atoms with van der Waals surface area (Å²) in [5.41, 5.74) is 2.39. The predicted molar refractivity (Wildman–Crippen MR) is 179 cm³/mol. The highest BCUT2D eigenvalue weighted by atomic mass is 32.2. The van der Waals surface area contributed by atoms with Gasteiger partial charge in [0.05, 0.1) is 24.8 Å². The van der Waals surface area contributed by atoms with Crippen molar-refractivity contribution in [3.8, 4) is 11.5 Å². The predicted octanol–water partition coefficient (Wildman–Crippen LogP) is 5.51. The molecule has 0 aliphatic rings. The molecule has 47 heavy (non-hydrogen) atoms. The van der Waals surface area contributed by atoms with Crippen LogP contribution in [0.2, 0.25) is 0 Å². The maximum atomic E-state index is 14.5. The van der Waals surface area contributed by atoms with E-state index in [4.69, 9.17) is 9.47 Å². The number of halogens is 1. The Morgan fingerprint density at radius 1 is 0.830 bits per heavy atom. The van der Waals surface area contributed by atoms with Crippen LogP contribution in [0.3, 0.4) is 0 Å². The van der Waals surface area contributed by atoms with E-state index in [1.54, 1.807) is 18.2 Å². The van der Waals surface area contributed by atoms with Gasteiger partial charge >= 0.3 is 0 Å². The summed E-state index contributed by atoms with van der Waals surface area (Å²) in [6.45, 7) is 4.75. The lowest BCUT2D eigenvalue weighted by Gasteiger charge is -2.34. The van der Waals surface area contributed by atoms with Crippen LogP contribution in [0.1, 0.15) is 30.5 Å². The van der Waals surface area contributed by atoms with Gasteiger partial charge in [-0.2, -0.15) is 0 Å². The molecule has 0 heterocycles. The second-order valence-electron chi connectivity index (χ2n) is 11.4. The number of rotatable bonds is 14. The van der Waals surface area contributed by atoms with Crippen molar-refractivity contribution in [3.05, 3.63) is 120 Å².